The van der Waals surface area contributed by atoms with Gasteiger partial charge in [0.15, 0.2) is 0 Å². The molecule has 0 spiro atoms. The van der Waals surface area contributed by atoms with Gasteiger partial charge in [-0.15, -0.1) is 0 Å². The molecule has 0 aromatic heterocycles. The van der Waals surface area contributed by atoms with Gasteiger partial charge in [-0.2, -0.15) is 0 Å². The minimum Gasteiger partial charge on any atom is -0.469 e. The summed E-state index contributed by atoms with van der Waals surface area (Å²) >= 11 is 0. The van der Waals surface area contributed by atoms with E-state index in [2.05, 4.69) is 14.8 Å². The summed E-state index contributed by atoms with van der Waals surface area (Å²) in [5.74, 6) is -0.423. The molecular formula is C13H17N3O4. The van der Waals surface area contributed by atoms with Gasteiger partial charge in [-0.1, -0.05) is 29.4 Å². The third kappa shape index (κ3) is 4.55. The fraction of sp³-hybridized carbons (Fsp3) is 0.462. The summed E-state index contributed by atoms with van der Waals surface area (Å²) in [6.07, 6.45) is -2.06. The highest BCUT2D eigenvalue weighted by Gasteiger charge is 2.21. The molecule has 0 bridgehead atoms. The normalized spacial score (nSPS) is 13.2. The van der Waals surface area contributed by atoms with Gasteiger partial charge in [0.25, 0.3) is 0 Å². The van der Waals surface area contributed by atoms with E-state index in [9.17, 15) is 15.0 Å². The third-order valence-corrected chi connectivity index (χ3v) is 2.89. The minimum atomic E-state index is -1.15. The average molecular weight is 279 g/mol. The van der Waals surface area contributed by atoms with Crippen molar-refractivity contribution in [2.24, 2.45) is 5.11 Å². The van der Waals surface area contributed by atoms with Crippen molar-refractivity contribution in [3.63, 3.8) is 0 Å². The van der Waals surface area contributed by atoms with Gasteiger partial charge < -0.3 is 14.9 Å². The zero-order valence-electron chi connectivity index (χ0n) is 11.1. The molecule has 20 heavy (non-hydrogen) atoms. The van der Waals surface area contributed by atoms with E-state index < -0.39 is 18.2 Å². The van der Waals surface area contributed by atoms with Crippen molar-refractivity contribution < 1.29 is 19.7 Å². The molecular weight excluding hydrogens is 262 g/mol. The Kier molecular flexibility index (Phi) is 6.52. The molecule has 7 heteroatoms. The molecule has 108 valence electrons. The molecule has 0 aliphatic heterocycles. The highest BCUT2D eigenvalue weighted by molar-refractivity contribution is 5.72. The van der Waals surface area contributed by atoms with Gasteiger partial charge in [-0.05, 0) is 23.1 Å². The second-order valence-corrected chi connectivity index (χ2v) is 4.21. The van der Waals surface area contributed by atoms with Crippen molar-refractivity contribution in [2.45, 2.75) is 25.0 Å². The van der Waals surface area contributed by atoms with Crippen LogP contribution in [0.25, 0.3) is 10.4 Å². The zero-order valence-corrected chi connectivity index (χ0v) is 11.1. The zero-order chi connectivity index (χ0) is 15.0. The van der Waals surface area contributed by atoms with E-state index in [0.717, 1.165) is 0 Å². The number of benzene rings is 1. The Morgan fingerprint density at radius 1 is 1.45 bits per heavy atom. The van der Waals surface area contributed by atoms with E-state index in [-0.39, 0.29) is 19.4 Å². The fourth-order valence-corrected chi connectivity index (χ4v) is 1.81. The standard InChI is InChI=1S/C13H17N3O4/c1-20-12(18)8-9-4-2-3-5-10(9)13(19)11(17)6-7-15-16-14/h2-5,11,13,17,19H,6-8H2,1H3. The molecule has 0 fully saturated rings. The van der Waals surface area contributed by atoms with Gasteiger partial charge in [0.1, 0.15) is 6.10 Å². The third-order valence-electron chi connectivity index (χ3n) is 2.89. The minimum absolute atomic E-state index is 0.0206. The lowest BCUT2D eigenvalue weighted by Crippen LogP contribution is -2.21. The molecule has 1 aromatic rings. The van der Waals surface area contributed by atoms with Crippen molar-refractivity contribution >= 4 is 5.97 Å². The molecule has 2 N–H and O–H groups in total. The predicted molar refractivity (Wildman–Crippen MR) is 71.8 cm³/mol. The average Bonchev–Trinajstić information content (AvgIpc) is 2.47. The van der Waals surface area contributed by atoms with Crippen LogP contribution in [0.2, 0.25) is 0 Å². The number of esters is 1. The molecule has 1 aromatic carbocycles. The largest absolute Gasteiger partial charge is 0.469 e. The summed E-state index contributed by atoms with van der Waals surface area (Å²) < 4.78 is 4.59. The van der Waals surface area contributed by atoms with Gasteiger partial charge in [0, 0.05) is 11.5 Å². The van der Waals surface area contributed by atoms with Crippen LogP contribution in [-0.2, 0) is 16.0 Å². The summed E-state index contributed by atoms with van der Waals surface area (Å²) in [5.41, 5.74) is 9.22. The molecule has 0 aliphatic rings. The van der Waals surface area contributed by atoms with Crippen molar-refractivity contribution in [1.82, 2.24) is 0 Å². The van der Waals surface area contributed by atoms with Gasteiger partial charge in [-0.25, -0.2) is 0 Å². The summed E-state index contributed by atoms with van der Waals surface area (Å²) in [6, 6.07) is 6.77. The van der Waals surface area contributed by atoms with Crippen LogP contribution in [-0.4, -0.2) is 35.9 Å². The molecule has 0 radical (unpaired) electrons. The van der Waals surface area contributed by atoms with Crippen molar-refractivity contribution in [1.29, 1.82) is 0 Å². The molecule has 0 amide bonds. The number of methoxy groups -OCH3 is 1. The van der Waals surface area contributed by atoms with Crippen LogP contribution in [0.1, 0.15) is 23.7 Å². The Labute approximate surface area is 116 Å². The second-order valence-electron chi connectivity index (χ2n) is 4.21. The number of nitrogens with zero attached hydrogens (tertiary/aromatic N) is 3. The first-order chi connectivity index (χ1) is 9.60. The van der Waals surface area contributed by atoms with Crippen LogP contribution in [0.15, 0.2) is 29.4 Å². The van der Waals surface area contributed by atoms with Crippen LogP contribution in [0.3, 0.4) is 0 Å². The summed E-state index contributed by atoms with van der Waals surface area (Å²) in [6.45, 7) is 0.0912. The first kappa shape index (κ1) is 16.0. The fourth-order valence-electron chi connectivity index (χ4n) is 1.81. The first-order valence-corrected chi connectivity index (χ1v) is 6.11. The van der Waals surface area contributed by atoms with Gasteiger partial charge in [0.2, 0.25) is 0 Å². The molecule has 7 nitrogen and oxygen atoms in total. The number of carbonyl (C=O) groups is 1. The van der Waals surface area contributed by atoms with Crippen molar-refractivity contribution in [3.8, 4) is 0 Å². The molecule has 0 saturated carbocycles. The maximum atomic E-state index is 11.3. The molecule has 0 heterocycles. The number of aliphatic hydroxyl groups is 2. The summed E-state index contributed by atoms with van der Waals surface area (Å²) in [5, 5.41) is 23.3. The lowest BCUT2D eigenvalue weighted by molar-refractivity contribution is -0.139. The number of azide groups is 1. The van der Waals surface area contributed by atoms with Gasteiger partial charge in [-0.3, -0.25) is 4.79 Å². The van der Waals surface area contributed by atoms with Gasteiger partial charge >= 0.3 is 5.97 Å². The summed E-state index contributed by atoms with van der Waals surface area (Å²) in [7, 11) is 1.29. The molecule has 2 unspecified atom stereocenters. The molecule has 0 aliphatic carbocycles. The number of ether oxygens (including phenoxy) is 1. The number of carbonyl (C=O) groups excluding carboxylic acids is 1. The highest BCUT2D eigenvalue weighted by atomic mass is 16.5. The number of hydrogen-bond acceptors (Lipinski definition) is 5. The molecule has 0 saturated heterocycles. The van der Waals surface area contributed by atoms with E-state index in [1.54, 1.807) is 24.3 Å². The van der Waals surface area contributed by atoms with E-state index in [4.69, 9.17) is 5.53 Å². The Hall–Kier alpha value is -2.08. The van der Waals surface area contributed by atoms with Gasteiger partial charge in [0.05, 0.1) is 19.6 Å². The number of hydrogen-bond donors (Lipinski definition) is 2. The monoisotopic (exact) mass is 279 g/mol. The highest BCUT2D eigenvalue weighted by Crippen LogP contribution is 2.23. The van der Waals surface area contributed by atoms with E-state index in [0.29, 0.717) is 11.1 Å². The SMILES string of the molecule is COC(=O)Cc1ccccc1C(O)C(O)CCN=[N+]=[N-]. The van der Waals surface area contributed by atoms with E-state index in [1.165, 1.54) is 7.11 Å². The molecule has 2 atom stereocenters. The lowest BCUT2D eigenvalue weighted by Gasteiger charge is -2.20. The van der Waals surface area contributed by atoms with E-state index in [1.807, 2.05) is 0 Å². The van der Waals surface area contributed by atoms with E-state index >= 15 is 0 Å². The second kappa shape index (κ2) is 8.16. The van der Waals surface area contributed by atoms with Crippen LogP contribution in [0, 0.1) is 0 Å². The Bertz CT molecular complexity index is 500. The maximum absolute atomic E-state index is 11.3. The Morgan fingerprint density at radius 2 is 2.15 bits per heavy atom. The van der Waals surface area contributed by atoms with Crippen LogP contribution < -0.4 is 0 Å². The van der Waals surface area contributed by atoms with Crippen LogP contribution >= 0.6 is 0 Å². The predicted octanol–water partition coefficient (Wildman–Crippen LogP) is 1.50. The first-order valence-electron chi connectivity index (χ1n) is 6.11. The van der Waals surface area contributed by atoms with Crippen LogP contribution in [0.4, 0.5) is 0 Å². The quantitative estimate of drug-likeness (QED) is 0.340. The van der Waals surface area contributed by atoms with Crippen molar-refractivity contribution in [2.75, 3.05) is 13.7 Å². The summed E-state index contributed by atoms with van der Waals surface area (Å²) in [4.78, 5) is 13.9. The van der Waals surface area contributed by atoms with Crippen molar-refractivity contribution in [3.05, 3.63) is 45.8 Å². The smallest absolute Gasteiger partial charge is 0.309 e. The number of aliphatic hydroxyl groups excluding tert-OH is 2. The maximum Gasteiger partial charge on any atom is 0.309 e. The van der Waals surface area contributed by atoms with Crippen LogP contribution in [0.5, 0.6) is 0 Å². The molecule has 1 rings (SSSR count). The number of rotatable bonds is 7. The Morgan fingerprint density at radius 3 is 2.80 bits per heavy atom. The topological polar surface area (TPSA) is 116 Å². The Balaban J connectivity index is 2.83. The lowest BCUT2D eigenvalue weighted by atomic mass is 9.95.